The van der Waals surface area contributed by atoms with Gasteiger partial charge in [0.1, 0.15) is 11.2 Å². The van der Waals surface area contributed by atoms with Crippen molar-refractivity contribution in [2.45, 2.75) is 0 Å². The highest BCUT2D eigenvalue weighted by Gasteiger charge is 2.22. The zero-order valence-electron chi connectivity index (χ0n) is 32.0. The van der Waals surface area contributed by atoms with Crippen LogP contribution in [-0.2, 0) is 0 Å². The fourth-order valence-electron chi connectivity index (χ4n) is 9.20. The zero-order chi connectivity index (χ0) is 38.9. The lowest BCUT2D eigenvalue weighted by Gasteiger charge is -2.28. The van der Waals surface area contributed by atoms with E-state index < -0.39 is 0 Å². The van der Waals surface area contributed by atoms with E-state index in [1.165, 1.54) is 58.6 Å². The van der Waals surface area contributed by atoms with Crippen molar-refractivity contribution < 1.29 is 4.42 Å². The molecular weight excluding hydrogens is 735 g/mol. The molecule has 0 saturated carbocycles. The highest BCUT2D eigenvalue weighted by molar-refractivity contribution is 7.25. The van der Waals surface area contributed by atoms with Crippen molar-refractivity contribution in [2.75, 3.05) is 4.90 Å². The molecule has 59 heavy (non-hydrogen) atoms. The van der Waals surface area contributed by atoms with E-state index in [2.05, 4.69) is 217 Å². The summed E-state index contributed by atoms with van der Waals surface area (Å²) >= 11 is 1.86. The van der Waals surface area contributed by atoms with E-state index in [0.29, 0.717) is 0 Å². The third-order valence-corrected chi connectivity index (χ3v) is 13.0. The van der Waals surface area contributed by atoms with E-state index in [1.807, 2.05) is 11.3 Å². The fraction of sp³-hybridized carbons (Fsp3) is 0. The van der Waals surface area contributed by atoms with Gasteiger partial charge < -0.3 is 9.32 Å². The Morgan fingerprint density at radius 2 is 1.00 bits per heavy atom. The molecule has 3 heteroatoms. The summed E-state index contributed by atoms with van der Waals surface area (Å²) in [5.74, 6) is 0. The summed E-state index contributed by atoms with van der Waals surface area (Å²) in [7, 11) is 0. The molecule has 2 aromatic heterocycles. The molecule has 0 spiro atoms. The molecule has 10 aromatic carbocycles. The molecule has 2 heterocycles. The molecule has 0 atom stereocenters. The van der Waals surface area contributed by atoms with Crippen molar-refractivity contribution in [3.63, 3.8) is 0 Å². The molecule has 0 unspecified atom stereocenters. The Kier molecular flexibility index (Phi) is 7.75. The van der Waals surface area contributed by atoms with Gasteiger partial charge in [0.25, 0.3) is 0 Å². The van der Waals surface area contributed by atoms with Crippen LogP contribution in [0.15, 0.2) is 217 Å². The first-order valence-electron chi connectivity index (χ1n) is 20.1. The van der Waals surface area contributed by atoms with Gasteiger partial charge in [0, 0.05) is 53.3 Å². The summed E-state index contributed by atoms with van der Waals surface area (Å²) in [4.78, 5) is 2.42. The number of benzene rings is 10. The van der Waals surface area contributed by atoms with Crippen LogP contribution in [0.5, 0.6) is 0 Å². The second-order valence-corrected chi connectivity index (χ2v) is 16.3. The van der Waals surface area contributed by atoms with Gasteiger partial charge in [-0.25, -0.2) is 0 Å². The molecule has 0 aliphatic carbocycles. The van der Waals surface area contributed by atoms with Crippen LogP contribution in [0.2, 0.25) is 0 Å². The molecule has 0 bridgehead atoms. The summed E-state index contributed by atoms with van der Waals surface area (Å²) < 4.78 is 9.31. The monoisotopic (exact) mass is 769 g/mol. The minimum Gasteiger partial charge on any atom is -0.455 e. The predicted octanol–water partition coefficient (Wildman–Crippen LogP) is 16.7. The Bertz CT molecular complexity index is 3570. The maximum Gasteiger partial charge on any atom is 0.143 e. The molecule has 12 rings (SSSR count). The van der Waals surface area contributed by atoms with Crippen molar-refractivity contribution in [1.29, 1.82) is 0 Å². The fourth-order valence-corrected chi connectivity index (χ4v) is 10.3. The van der Waals surface area contributed by atoms with Crippen LogP contribution in [-0.4, -0.2) is 0 Å². The van der Waals surface area contributed by atoms with E-state index in [-0.39, 0.29) is 0 Å². The van der Waals surface area contributed by atoms with Crippen molar-refractivity contribution >= 4 is 92.1 Å². The van der Waals surface area contributed by atoms with Gasteiger partial charge in [-0.1, -0.05) is 158 Å². The standard InChI is InChI=1S/C56H35NOS/c1-3-18-42-36(13-1)15-10-22-43(42)39-16-9-17-41(35-39)57(40-32-29-38(30-33-40)44-23-12-28-53-55(44)48-21-6-8-27-52(48)59-53)50-25-7-5-20-46(50)47-24-11-26-51-54(47)49-34-31-37-14-2-4-19-45(37)56(49)58-51/h1-35H. The molecule has 12 aromatic rings. The number of nitrogens with zero attached hydrogens (tertiary/aromatic N) is 1. The molecule has 276 valence electrons. The van der Waals surface area contributed by atoms with Gasteiger partial charge in [0.05, 0.1) is 5.69 Å². The molecular formula is C56H35NOS. The quantitative estimate of drug-likeness (QED) is 0.167. The first-order valence-corrected chi connectivity index (χ1v) is 20.9. The summed E-state index contributed by atoms with van der Waals surface area (Å²) in [6, 6.07) is 77.0. The number of hydrogen-bond acceptors (Lipinski definition) is 3. The lowest BCUT2D eigenvalue weighted by Crippen LogP contribution is -2.11. The van der Waals surface area contributed by atoms with E-state index in [4.69, 9.17) is 4.42 Å². The lowest BCUT2D eigenvalue weighted by atomic mass is 9.95. The van der Waals surface area contributed by atoms with E-state index >= 15 is 0 Å². The van der Waals surface area contributed by atoms with Crippen molar-refractivity contribution in [3.8, 4) is 33.4 Å². The lowest BCUT2D eigenvalue weighted by molar-refractivity contribution is 0.673. The van der Waals surface area contributed by atoms with Gasteiger partial charge in [0.2, 0.25) is 0 Å². The Morgan fingerprint density at radius 1 is 0.356 bits per heavy atom. The predicted molar refractivity (Wildman–Crippen MR) is 253 cm³/mol. The largest absolute Gasteiger partial charge is 0.455 e. The minimum atomic E-state index is 0.882. The number of thiophene rings is 1. The molecule has 0 radical (unpaired) electrons. The van der Waals surface area contributed by atoms with Crippen molar-refractivity contribution in [2.24, 2.45) is 0 Å². The first-order chi connectivity index (χ1) is 29.3. The maximum atomic E-state index is 6.69. The number of para-hydroxylation sites is 1. The Hall–Kier alpha value is -7.46. The zero-order valence-corrected chi connectivity index (χ0v) is 32.8. The van der Waals surface area contributed by atoms with Crippen LogP contribution in [0.4, 0.5) is 17.1 Å². The molecule has 0 aliphatic rings. The number of fused-ring (bicyclic) bond motifs is 9. The van der Waals surface area contributed by atoms with Gasteiger partial charge in [0.15, 0.2) is 0 Å². The summed E-state index contributed by atoms with van der Waals surface area (Å²) in [6.07, 6.45) is 0. The minimum absolute atomic E-state index is 0.882. The van der Waals surface area contributed by atoms with Crippen LogP contribution < -0.4 is 4.90 Å². The Morgan fingerprint density at radius 3 is 1.90 bits per heavy atom. The van der Waals surface area contributed by atoms with Crippen LogP contribution >= 0.6 is 11.3 Å². The van der Waals surface area contributed by atoms with Crippen LogP contribution in [0.3, 0.4) is 0 Å². The number of hydrogen-bond donors (Lipinski definition) is 0. The van der Waals surface area contributed by atoms with Crippen LogP contribution in [0.25, 0.3) is 97.0 Å². The number of furan rings is 1. The smallest absolute Gasteiger partial charge is 0.143 e. The van der Waals surface area contributed by atoms with Crippen LogP contribution in [0.1, 0.15) is 0 Å². The second-order valence-electron chi connectivity index (χ2n) is 15.2. The molecule has 2 nitrogen and oxygen atoms in total. The highest BCUT2D eigenvalue weighted by Crippen LogP contribution is 2.47. The first kappa shape index (κ1) is 33.7. The molecule has 0 fully saturated rings. The molecule has 0 amide bonds. The average Bonchev–Trinajstić information content (AvgIpc) is 3.89. The second kappa shape index (κ2) is 13.6. The maximum absolute atomic E-state index is 6.69. The average molecular weight is 770 g/mol. The number of rotatable bonds is 6. The van der Waals surface area contributed by atoms with Gasteiger partial charge >= 0.3 is 0 Å². The Balaban J connectivity index is 1.07. The van der Waals surface area contributed by atoms with Gasteiger partial charge in [-0.05, 0) is 98.6 Å². The summed E-state index contributed by atoms with van der Waals surface area (Å²) in [5.41, 5.74) is 12.1. The van der Waals surface area contributed by atoms with E-state index in [9.17, 15) is 0 Å². The molecule has 0 aliphatic heterocycles. The SMILES string of the molecule is c1cc(-c2cccc3ccccc23)cc(N(c2ccc(-c3cccc4sc5ccccc5c34)cc2)c2ccccc2-c2cccc3oc4c5ccccc5ccc4c23)c1. The third kappa shape index (κ3) is 5.47. The van der Waals surface area contributed by atoms with Gasteiger partial charge in [-0.15, -0.1) is 11.3 Å². The normalized spacial score (nSPS) is 11.7. The molecule has 0 saturated heterocycles. The van der Waals surface area contributed by atoms with E-state index in [1.54, 1.807) is 0 Å². The Labute approximate surface area is 345 Å². The molecule has 0 N–H and O–H groups in total. The third-order valence-electron chi connectivity index (χ3n) is 11.9. The van der Waals surface area contributed by atoms with Crippen molar-refractivity contribution in [3.05, 3.63) is 212 Å². The van der Waals surface area contributed by atoms with Crippen LogP contribution in [0, 0.1) is 0 Å². The highest BCUT2D eigenvalue weighted by atomic mass is 32.1. The van der Waals surface area contributed by atoms with Gasteiger partial charge in [-0.2, -0.15) is 0 Å². The summed E-state index contributed by atoms with van der Waals surface area (Å²) in [5, 5.41) is 9.63. The summed E-state index contributed by atoms with van der Waals surface area (Å²) in [6.45, 7) is 0. The number of anilines is 3. The van der Waals surface area contributed by atoms with Gasteiger partial charge in [-0.3, -0.25) is 0 Å². The van der Waals surface area contributed by atoms with E-state index in [0.717, 1.165) is 55.5 Å². The topological polar surface area (TPSA) is 16.4 Å². The van der Waals surface area contributed by atoms with Crippen molar-refractivity contribution in [1.82, 2.24) is 0 Å².